The van der Waals surface area contributed by atoms with Gasteiger partial charge in [-0.25, -0.2) is 4.79 Å². The van der Waals surface area contributed by atoms with Gasteiger partial charge in [0, 0.05) is 30.6 Å². The van der Waals surface area contributed by atoms with Crippen LogP contribution >= 0.6 is 0 Å². The van der Waals surface area contributed by atoms with Crippen LogP contribution in [0.2, 0.25) is 0 Å². The number of nitrogens with two attached hydrogens (primary N) is 1. The monoisotopic (exact) mass is 412 g/mol. The number of primary amides is 1. The first-order valence-corrected chi connectivity index (χ1v) is 8.95. The second-order valence-electron chi connectivity index (χ2n) is 6.29. The van der Waals surface area contributed by atoms with Crippen LogP contribution in [0.1, 0.15) is 10.5 Å². The molecule has 0 spiro atoms. The molecule has 30 heavy (non-hydrogen) atoms. The summed E-state index contributed by atoms with van der Waals surface area (Å²) in [7, 11) is 1.23. The minimum atomic E-state index is -0.676. The zero-order chi connectivity index (χ0) is 21.7. The van der Waals surface area contributed by atoms with Crippen molar-refractivity contribution in [2.45, 2.75) is 0 Å². The van der Waals surface area contributed by atoms with Crippen molar-refractivity contribution in [3.63, 3.8) is 0 Å². The molecule has 1 aromatic heterocycles. The van der Waals surface area contributed by atoms with Crippen LogP contribution in [0.25, 0.3) is 0 Å². The van der Waals surface area contributed by atoms with Crippen LogP contribution in [-0.4, -0.2) is 59.6 Å². The third kappa shape index (κ3) is 4.55. The summed E-state index contributed by atoms with van der Waals surface area (Å²) in [6, 6.07) is 9.66. The molecular formula is C20H20N4O6. The van der Waals surface area contributed by atoms with Gasteiger partial charge in [0.2, 0.25) is 0 Å². The van der Waals surface area contributed by atoms with E-state index in [4.69, 9.17) is 20.3 Å². The Morgan fingerprint density at radius 1 is 1.27 bits per heavy atom. The molecule has 0 saturated heterocycles. The molecule has 0 radical (unpaired) electrons. The first-order valence-electron chi connectivity index (χ1n) is 8.95. The molecule has 2 amide bonds. The zero-order valence-corrected chi connectivity index (χ0v) is 16.1. The number of nitrogens with one attached hydrogen (secondary N) is 1. The number of hydrogen-bond donors (Lipinski definition) is 3. The molecule has 0 saturated carbocycles. The van der Waals surface area contributed by atoms with Gasteiger partial charge in [0.25, 0.3) is 11.8 Å². The van der Waals surface area contributed by atoms with Gasteiger partial charge in [0.15, 0.2) is 0 Å². The van der Waals surface area contributed by atoms with Crippen LogP contribution in [0.5, 0.6) is 11.5 Å². The van der Waals surface area contributed by atoms with Crippen molar-refractivity contribution in [3.8, 4) is 11.5 Å². The number of rotatable bonds is 8. The summed E-state index contributed by atoms with van der Waals surface area (Å²) in [4.78, 5) is 41.2. The Hall–Kier alpha value is -3.92. The molecule has 0 unspecified atom stereocenters. The summed E-state index contributed by atoms with van der Waals surface area (Å²) in [5.74, 6) is -0.952. The molecule has 0 aliphatic carbocycles. The Kier molecular flexibility index (Phi) is 6.28. The average Bonchev–Trinajstić information content (AvgIpc) is 3.04. The van der Waals surface area contributed by atoms with Crippen LogP contribution in [0.3, 0.4) is 0 Å². The van der Waals surface area contributed by atoms with Gasteiger partial charge >= 0.3 is 5.97 Å². The van der Waals surface area contributed by atoms with Crippen molar-refractivity contribution in [3.05, 3.63) is 59.6 Å². The van der Waals surface area contributed by atoms with E-state index in [1.165, 1.54) is 24.3 Å². The molecule has 0 fully saturated rings. The van der Waals surface area contributed by atoms with Crippen molar-refractivity contribution in [2.75, 3.05) is 32.1 Å². The highest BCUT2D eigenvalue weighted by Crippen LogP contribution is 2.27. The number of aromatic nitrogens is 1. The average molecular weight is 412 g/mol. The lowest BCUT2D eigenvalue weighted by Crippen LogP contribution is -2.31. The fourth-order valence-corrected chi connectivity index (χ4v) is 2.88. The van der Waals surface area contributed by atoms with Gasteiger partial charge in [-0.15, -0.1) is 0 Å². The van der Waals surface area contributed by atoms with Crippen molar-refractivity contribution in [2.24, 2.45) is 5.73 Å². The molecule has 1 aliphatic heterocycles. The standard InChI is InChI=1S/C20H20N4O6/c1-29-20(28)15-11-24(7-8-25)19(27)17(15)23-12-3-2-4-13(9-12)30-14-5-6-22-16(10-14)18(21)26/h2-6,9-10,23,25H,7-8,11H2,1H3,(H2,21,26). The molecule has 10 heteroatoms. The number of carbonyl (C=O) groups excluding carboxylic acids is 3. The second kappa shape index (κ2) is 9.05. The number of pyridine rings is 1. The molecule has 0 bridgehead atoms. The van der Waals surface area contributed by atoms with E-state index in [1.54, 1.807) is 30.3 Å². The van der Waals surface area contributed by atoms with E-state index in [9.17, 15) is 14.4 Å². The molecular weight excluding hydrogens is 392 g/mol. The number of nitrogens with zero attached hydrogens (tertiary/aromatic N) is 2. The van der Waals surface area contributed by atoms with Gasteiger partial charge in [0.05, 0.1) is 25.8 Å². The molecule has 2 aromatic rings. The minimum Gasteiger partial charge on any atom is -0.466 e. The van der Waals surface area contributed by atoms with Gasteiger partial charge < -0.3 is 30.5 Å². The van der Waals surface area contributed by atoms with E-state index in [-0.39, 0.29) is 36.7 Å². The van der Waals surface area contributed by atoms with E-state index in [2.05, 4.69) is 10.3 Å². The zero-order valence-electron chi connectivity index (χ0n) is 16.1. The van der Waals surface area contributed by atoms with E-state index >= 15 is 0 Å². The van der Waals surface area contributed by atoms with E-state index in [1.807, 2.05) is 0 Å². The summed E-state index contributed by atoms with van der Waals surface area (Å²) < 4.78 is 10.5. The third-order valence-corrected chi connectivity index (χ3v) is 4.28. The molecule has 2 heterocycles. The van der Waals surface area contributed by atoms with Gasteiger partial charge in [-0.2, -0.15) is 0 Å². The Labute approximate surface area is 171 Å². The number of esters is 1. The Morgan fingerprint density at radius 3 is 2.73 bits per heavy atom. The van der Waals surface area contributed by atoms with Gasteiger partial charge in [-0.05, 0) is 18.2 Å². The van der Waals surface area contributed by atoms with Crippen LogP contribution < -0.4 is 15.8 Å². The highest BCUT2D eigenvalue weighted by Gasteiger charge is 2.34. The number of aliphatic hydroxyl groups excluding tert-OH is 1. The number of anilines is 1. The first kappa shape index (κ1) is 20.8. The van der Waals surface area contributed by atoms with Gasteiger partial charge in [0.1, 0.15) is 22.9 Å². The molecule has 1 aromatic carbocycles. The van der Waals surface area contributed by atoms with Crippen molar-refractivity contribution < 1.29 is 29.0 Å². The molecule has 3 rings (SSSR count). The number of hydrogen-bond acceptors (Lipinski definition) is 8. The molecule has 10 nitrogen and oxygen atoms in total. The lowest BCUT2D eigenvalue weighted by atomic mass is 10.2. The Balaban J connectivity index is 1.83. The third-order valence-electron chi connectivity index (χ3n) is 4.28. The van der Waals surface area contributed by atoms with E-state index < -0.39 is 17.8 Å². The summed E-state index contributed by atoms with van der Waals surface area (Å²) >= 11 is 0. The fourth-order valence-electron chi connectivity index (χ4n) is 2.88. The number of methoxy groups -OCH3 is 1. The largest absolute Gasteiger partial charge is 0.466 e. The van der Waals surface area contributed by atoms with E-state index in [0.717, 1.165) is 0 Å². The topological polar surface area (TPSA) is 144 Å². The normalized spacial score (nSPS) is 13.4. The van der Waals surface area contributed by atoms with Crippen molar-refractivity contribution >= 4 is 23.5 Å². The highest BCUT2D eigenvalue weighted by molar-refractivity contribution is 6.08. The maximum atomic E-state index is 12.6. The maximum absolute atomic E-state index is 12.6. The van der Waals surface area contributed by atoms with E-state index in [0.29, 0.717) is 17.2 Å². The van der Waals surface area contributed by atoms with Crippen molar-refractivity contribution in [1.82, 2.24) is 9.88 Å². The maximum Gasteiger partial charge on any atom is 0.337 e. The predicted molar refractivity (Wildman–Crippen MR) is 106 cm³/mol. The Morgan fingerprint density at radius 2 is 2.03 bits per heavy atom. The lowest BCUT2D eigenvalue weighted by Gasteiger charge is -2.15. The van der Waals surface area contributed by atoms with Gasteiger partial charge in [-0.3, -0.25) is 14.6 Å². The fraction of sp³-hybridized carbons (Fsp3) is 0.200. The smallest absolute Gasteiger partial charge is 0.337 e. The number of benzene rings is 1. The number of β-amino-alcohol motifs (C(OH)–C–C–N with tert-alkyl or cyclic N) is 1. The minimum absolute atomic E-state index is 0.0392. The quantitative estimate of drug-likeness (QED) is 0.536. The summed E-state index contributed by atoms with van der Waals surface area (Å²) in [6.45, 7) is -0.0918. The van der Waals surface area contributed by atoms with Gasteiger partial charge in [-0.1, -0.05) is 6.07 Å². The SMILES string of the molecule is COC(=O)C1=C(Nc2cccc(Oc3ccnc(C(N)=O)c3)c2)C(=O)N(CCO)C1. The Bertz CT molecular complexity index is 1020. The molecule has 0 atom stereocenters. The molecule has 4 N–H and O–H groups in total. The first-order chi connectivity index (χ1) is 14.4. The number of ether oxygens (including phenoxy) is 2. The van der Waals surface area contributed by atoms with Crippen molar-refractivity contribution in [1.29, 1.82) is 0 Å². The van der Waals surface area contributed by atoms with Crippen LogP contribution in [0.15, 0.2) is 53.9 Å². The summed E-state index contributed by atoms with van der Waals surface area (Å²) in [5, 5.41) is 12.1. The van der Waals surface area contributed by atoms with Crippen LogP contribution in [-0.2, 0) is 14.3 Å². The number of amides is 2. The summed E-state index contributed by atoms with van der Waals surface area (Å²) in [5.41, 5.74) is 6.03. The number of carbonyl (C=O) groups is 3. The highest BCUT2D eigenvalue weighted by atomic mass is 16.5. The predicted octanol–water partition coefficient (Wildman–Crippen LogP) is 0.646. The molecule has 156 valence electrons. The molecule has 1 aliphatic rings. The lowest BCUT2D eigenvalue weighted by molar-refractivity contribution is -0.136. The van der Waals surface area contributed by atoms with Crippen LogP contribution in [0.4, 0.5) is 5.69 Å². The second-order valence-corrected chi connectivity index (χ2v) is 6.29. The number of aliphatic hydroxyl groups is 1. The van der Waals surface area contributed by atoms with Crippen LogP contribution in [0, 0.1) is 0 Å². The summed E-state index contributed by atoms with van der Waals surface area (Å²) in [6.07, 6.45) is 1.40.